The summed E-state index contributed by atoms with van der Waals surface area (Å²) in [4.78, 5) is 1.58. The van der Waals surface area contributed by atoms with Gasteiger partial charge in [-0.3, -0.25) is 0 Å². The van der Waals surface area contributed by atoms with Gasteiger partial charge >= 0.3 is 55.6 Å². The van der Waals surface area contributed by atoms with Crippen LogP contribution in [-0.2, 0) is 16.2 Å². The normalized spacial score (nSPS) is 17.0. The summed E-state index contributed by atoms with van der Waals surface area (Å²) in [6, 6.07) is 15.3. The molecule has 5 aromatic rings. The molecule has 0 saturated carbocycles. The van der Waals surface area contributed by atoms with E-state index in [1.165, 1.54) is 66.8 Å². The summed E-state index contributed by atoms with van der Waals surface area (Å²) in [7, 11) is 0. The van der Waals surface area contributed by atoms with Gasteiger partial charge in [-0.05, 0) is 87.7 Å². The van der Waals surface area contributed by atoms with Crippen LogP contribution in [0.5, 0.6) is 0 Å². The van der Waals surface area contributed by atoms with Crippen molar-refractivity contribution in [3.63, 3.8) is 0 Å². The fourth-order valence-electron chi connectivity index (χ4n) is 9.36. The predicted octanol–water partition coefficient (Wildman–Crippen LogP) is 20.3. The number of rotatable bonds is 12. The summed E-state index contributed by atoms with van der Waals surface area (Å²) in [5.74, 6) is 0. The Bertz CT molecular complexity index is 3000. The zero-order valence-corrected chi connectivity index (χ0v) is 41.1. The first-order valence-corrected chi connectivity index (χ1v) is 23.1. The molecule has 0 bridgehead atoms. The van der Waals surface area contributed by atoms with Crippen molar-refractivity contribution < 1.29 is 119 Å². The van der Waals surface area contributed by atoms with Gasteiger partial charge in [0.15, 0.2) is 0 Å². The van der Waals surface area contributed by atoms with Crippen LogP contribution in [0.1, 0.15) is 57.9 Å². The second-order valence-corrected chi connectivity index (χ2v) is 18.7. The zero-order chi connectivity index (χ0) is 62.6. The van der Waals surface area contributed by atoms with Gasteiger partial charge in [-0.15, -0.1) is 0 Å². The first kappa shape index (κ1) is 64.9. The van der Waals surface area contributed by atoms with E-state index in [1.54, 1.807) is 11.8 Å². The molecule has 6 rings (SSSR count). The Kier molecular flexibility index (Phi) is 17.0. The maximum atomic E-state index is 13.9. The van der Waals surface area contributed by atoms with Crippen molar-refractivity contribution in [1.82, 2.24) is 0 Å². The van der Waals surface area contributed by atoms with Crippen molar-refractivity contribution in [3.05, 3.63) is 196 Å². The molecule has 0 fully saturated rings. The SMILES string of the molecule is CC1(N(c2ccc(/C=C/c3cccc(C(C(F)(F)F)(C(F)(F)F)C(F)(F)F)c3)cc2)c2ccc(/C=C/c3cccc(C(C(F)(F)F)(C(F)(F)F)C(F)(F)F)c3)cc2)C=CC(/C=C/c2cccc(C(C(F)(F)F)(C(F)(F)F)C(F)(F)F)c2)=CC1. The highest BCUT2D eigenvalue weighted by atomic mass is 19.5. The van der Waals surface area contributed by atoms with E-state index in [0.717, 1.165) is 54.7 Å². The van der Waals surface area contributed by atoms with Gasteiger partial charge in [0.25, 0.3) is 16.2 Å². The lowest BCUT2D eigenvalue weighted by molar-refractivity contribution is -0.389. The highest BCUT2D eigenvalue weighted by Gasteiger charge is 2.86. The molecule has 0 radical (unpaired) electrons. The minimum Gasteiger partial charge on any atom is -0.332 e. The summed E-state index contributed by atoms with van der Waals surface area (Å²) in [6.07, 6.45) is -51.9. The van der Waals surface area contributed by atoms with E-state index < -0.39 is 111 Å². The van der Waals surface area contributed by atoms with E-state index in [9.17, 15) is 119 Å². The molecular formula is C55H34F27N. The maximum Gasteiger partial charge on any atom is 0.416 e. The van der Waals surface area contributed by atoms with Crippen molar-refractivity contribution in [2.75, 3.05) is 4.90 Å². The third-order valence-corrected chi connectivity index (χ3v) is 13.4. The smallest absolute Gasteiger partial charge is 0.332 e. The van der Waals surface area contributed by atoms with Crippen molar-refractivity contribution in [3.8, 4) is 0 Å². The Morgan fingerprint density at radius 1 is 0.325 bits per heavy atom. The van der Waals surface area contributed by atoms with Crippen LogP contribution in [0.4, 0.5) is 130 Å². The number of hydrogen-bond donors (Lipinski definition) is 0. The first-order chi connectivity index (χ1) is 37.7. The van der Waals surface area contributed by atoms with E-state index in [1.807, 2.05) is 0 Å². The van der Waals surface area contributed by atoms with Crippen LogP contribution in [0.15, 0.2) is 151 Å². The Morgan fingerprint density at radius 2 is 0.578 bits per heavy atom. The molecule has 1 aliphatic carbocycles. The molecule has 5 aromatic carbocycles. The van der Waals surface area contributed by atoms with Crippen molar-refractivity contribution in [2.45, 2.75) is 90.7 Å². The molecule has 448 valence electrons. The lowest BCUT2D eigenvalue weighted by Crippen LogP contribution is -2.63. The van der Waals surface area contributed by atoms with Crippen LogP contribution in [-0.4, -0.2) is 61.1 Å². The number of halogens is 27. The van der Waals surface area contributed by atoms with Gasteiger partial charge in [-0.25, -0.2) is 0 Å². The standard InChI is InChI=1S/C55H34F27N/c1-43(27-25-34(26-28-43)13-16-37-7-4-10-40(31-37)46(53(74,75)76,54(77,78)79)55(80,81)82)83(41-21-17-32(18-22-41)11-14-35-5-2-8-38(29-35)44(47(56,57)58,48(59,60)61)49(62,63)64)42-23-19-33(20-24-42)12-15-36-6-3-9-39(30-36)45(50(65,66)67,51(68,69)70)52(71,72)73/h2-27,29-31H,28H2,1H3/b14-11+,15-12+,16-13+. The van der Waals surface area contributed by atoms with E-state index in [2.05, 4.69) is 0 Å². The van der Waals surface area contributed by atoms with Gasteiger partial charge in [-0.1, -0.05) is 152 Å². The molecule has 1 unspecified atom stereocenters. The minimum atomic E-state index is -6.91. The minimum absolute atomic E-state index is 0.00397. The van der Waals surface area contributed by atoms with E-state index in [4.69, 9.17) is 0 Å². The molecule has 1 atom stereocenters. The number of hydrogen-bond acceptors (Lipinski definition) is 1. The number of benzene rings is 5. The van der Waals surface area contributed by atoms with Crippen LogP contribution in [0.25, 0.3) is 30.4 Å². The quantitative estimate of drug-likeness (QED) is 0.0889. The van der Waals surface area contributed by atoms with Crippen LogP contribution in [0.2, 0.25) is 0 Å². The summed E-state index contributed by atoms with van der Waals surface area (Å²) >= 11 is 0. The van der Waals surface area contributed by atoms with Crippen LogP contribution in [0, 0.1) is 0 Å². The molecule has 1 nitrogen and oxygen atoms in total. The lowest BCUT2D eigenvalue weighted by Gasteiger charge is -2.42. The second kappa shape index (κ2) is 21.7. The monoisotopic (exact) mass is 1220 g/mol. The molecular weight excluding hydrogens is 1190 g/mol. The summed E-state index contributed by atoms with van der Waals surface area (Å²) in [6.45, 7) is 1.59. The molecule has 1 aliphatic rings. The molecule has 83 heavy (non-hydrogen) atoms. The Balaban J connectivity index is 1.38. The number of allylic oxidation sites excluding steroid dienone is 3. The van der Waals surface area contributed by atoms with Gasteiger partial charge < -0.3 is 4.90 Å². The topological polar surface area (TPSA) is 3.24 Å². The molecule has 0 aromatic heterocycles. The molecule has 0 aliphatic heterocycles. The van der Waals surface area contributed by atoms with Gasteiger partial charge in [-0.2, -0.15) is 119 Å². The summed E-state index contributed by atoms with van der Waals surface area (Å²) in [5.41, 5.74) is -27.4. The van der Waals surface area contributed by atoms with Gasteiger partial charge in [0.2, 0.25) is 0 Å². The van der Waals surface area contributed by atoms with Crippen molar-refractivity contribution >= 4 is 41.8 Å². The number of anilines is 2. The van der Waals surface area contributed by atoms with E-state index in [-0.39, 0.29) is 70.9 Å². The molecule has 28 heteroatoms. The average Bonchev–Trinajstić information content (AvgIpc) is 3.47. The van der Waals surface area contributed by atoms with Crippen LogP contribution < -0.4 is 4.90 Å². The summed E-state index contributed by atoms with van der Waals surface area (Å²) < 4.78 is 375. The van der Waals surface area contributed by atoms with Crippen LogP contribution >= 0.6 is 0 Å². The fourth-order valence-corrected chi connectivity index (χ4v) is 9.36. The van der Waals surface area contributed by atoms with E-state index in [0.29, 0.717) is 18.2 Å². The lowest BCUT2D eigenvalue weighted by atomic mass is 9.77. The molecule has 0 heterocycles. The number of nitrogens with zero attached hydrogens (tertiary/aromatic N) is 1. The van der Waals surface area contributed by atoms with E-state index >= 15 is 0 Å². The third-order valence-electron chi connectivity index (χ3n) is 13.4. The molecule has 0 saturated heterocycles. The number of alkyl halides is 27. The molecule has 0 amide bonds. The zero-order valence-electron chi connectivity index (χ0n) is 41.1. The van der Waals surface area contributed by atoms with Gasteiger partial charge in [0.1, 0.15) is 0 Å². The molecule has 0 N–H and O–H groups in total. The predicted molar refractivity (Wildman–Crippen MR) is 251 cm³/mol. The Hall–Kier alpha value is -7.29. The maximum absolute atomic E-state index is 13.9. The van der Waals surface area contributed by atoms with Gasteiger partial charge in [0, 0.05) is 11.4 Å². The largest absolute Gasteiger partial charge is 0.416 e. The van der Waals surface area contributed by atoms with Crippen LogP contribution in [0.3, 0.4) is 0 Å². The van der Waals surface area contributed by atoms with Gasteiger partial charge in [0.05, 0.1) is 5.54 Å². The van der Waals surface area contributed by atoms with Crippen molar-refractivity contribution in [1.29, 1.82) is 0 Å². The first-order valence-electron chi connectivity index (χ1n) is 23.1. The second-order valence-electron chi connectivity index (χ2n) is 18.7. The van der Waals surface area contributed by atoms with Crippen molar-refractivity contribution in [2.24, 2.45) is 0 Å². The Morgan fingerprint density at radius 3 is 0.819 bits per heavy atom. The fraction of sp³-hybridized carbons (Fsp3) is 0.273. The third kappa shape index (κ3) is 11.8. The summed E-state index contributed by atoms with van der Waals surface area (Å²) in [5, 5.41) is 0. The highest BCUT2D eigenvalue weighted by Crippen LogP contribution is 2.63. The average molecular weight is 1220 g/mol. The molecule has 0 spiro atoms. The Labute approximate surface area is 451 Å². The highest BCUT2D eigenvalue weighted by molar-refractivity contribution is 5.76.